The van der Waals surface area contributed by atoms with Gasteiger partial charge in [-0.15, -0.1) is 0 Å². The first-order valence-electron chi connectivity index (χ1n) is 7.40. The van der Waals surface area contributed by atoms with E-state index in [-0.39, 0.29) is 17.0 Å². The van der Waals surface area contributed by atoms with Gasteiger partial charge in [0.2, 0.25) is 20.0 Å². The molecule has 1 heterocycles. The Balaban J connectivity index is 1.88. The van der Waals surface area contributed by atoms with E-state index in [1.165, 1.54) is 22.7 Å². The van der Waals surface area contributed by atoms with Crippen molar-refractivity contribution in [1.82, 2.24) is 13.9 Å². The average Bonchev–Trinajstić information content (AvgIpc) is 2.54. The summed E-state index contributed by atoms with van der Waals surface area (Å²) in [6.07, 6.45) is 1.18. The van der Waals surface area contributed by atoms with Crippen LogP contribution in [0, 0.1) is 11.3 Å². The molecule has 0 bridgehead atoms. The van der Waals surface area contributed by atoms with Gasteiger partial charge in [-0.25, -0.2) is 21.6 Å². The van der Waals surface area contributed by atoms with Gasteiger partial charge in [0.05, 0.1) is 16.7 Å². The summed E-state index contributed by atoms with van der Waals surface area (Å²) < 4.78 is 51.3. The summed E-state index contributed by atoms with van der Waals surface area (Å²) in [5, 5.41) is 9.00. The summed E-state index contributed by atoms with van der Waals surface area (Å²) in [7, 11) is -6.92. The SMILES string of the molecule is CS(=O)(=O)N1CCN(CCNS(=O)(=O)c2ccccc2C#N)CC1. The van der Waals surface area contributed by atoms with Crippen LogP contribution in [0.4, 0.5) is 0 Å². The molecule has 0 aromatic heterocycles. The molecule has 0 amide bonds. The molecule has 0 unspecified atom stereocenters. The van der Waals surface area contributed by atoms with Crippen molar-refractivity contribution in [3.63, 3.8) is 0 Å². The predicted molar refractivity (Wildman–Crippen MR) is 89.2 cm³/mol. The highest BCUT2D eigenvalue weighted by atomic mass is 32.2. The smallest absolute Gasteiger partial charge is 0.241 e. The van der Waals surface area contributed by atoms with E-state index in [9.17, 15) is 16.8 Å². The van der Waals surface area contributed by atoms with Crippen LogP contribution in [0.2, 0.25) is 0 Å². The molecule has 0 spiro atoms. The van der Waals surface area contributed by atoms with Gasteiger partial charge in [-0.1, -0.05) is 12.1 Å². The summed E-state index contributed by atoms with van der Waals surface area (Å²) >= 11 is 0. The van der Waals surface area contributed by atoms with E-state index in [1.807, 2.05) is 11.0 Å². The zero-order valence-corrected chi connectivity index (χ0v) is 15.0. The van der Waals surface area contributed by atoms with Crippen molar-refractivity contribution in [3.05, 3.63) is 29.8 Å². The molecule has 1 fully saturated rings. The fourth-order valence-corrected chi connectivity index (χ4v) is 4.50. The maximum atomic E-state index is 12.3. The summed E-state index contributed by atoms with van der Waals surface area (Å²) in [5.74, 6) is 0. The minimum absolute atomic E-state index is 0.0330. The molecule has 10 heteroatoms. The molecule has 0 atom stereocenters. The molecule has 0 aliphatic carbocycles. The standard InChI is InChI=1S/C14H20N4O4S2/c1-23(19,20)18-10-8-17(9-11-18)7-6-16-24(21,22)14-5-3-2-4-13(14)12-15/h2-5,16H,6-11H2,1H3. The summed E-state index contributed by atoms with van der Waals surface area (Å²) in [4.78, 5) is 1.97. The second-order valence-corrected chi connectivity index (χ2v) is 9.23. The van der Waals surface area contributed by atoms with Gasteiger partial charge in [0.15, 0.2) is 0 Å². The van der Waals surface area contributed by atoms with E-state index in [2.05, 4.69) is 4.72 Å². The lowest BCUT2D eigenvalue weighted by Gasteiger charge is -2.33. The zero-order chi connectivity index (χ0) is 17.8. The first kappa shape index (κ1) is 18.8. The second-order valence-electron chi connectivity index (χ2n) is 5.51. The number of hydrogen-bond acceptors (Lipinski definition) is 6. The Morgan fingerprint density at radius 2 is 1.75 bits per heavy atom. The van der Waals surface area contributed by atoms with E-state index in [4.69, 9.17) is 5.26 Å². The number of benzene rings is 1. The number of sulfonamides is 2. The number of rotatable bonds is 6. The van der Waals surface area contributed by atoms with E-state index in [1.54, 1.807) is 12.1 Å². The third kappa shape index (κ3) is 4.75. The summed E-state index contributed by atoms with van der Waals surface area (Å²) in [6.45, 7) is 2.60. The van der Waals surface area contributed by atoms with Gasteiger partial charge >= 0.3 is 0 Å². The monoisotopic (exact) mass is 372 g/mol. The Morgan fingerprint density at radius 3 is 2.33 bits per heavy atom. The average molecular weight is 372 g/mol. The number of piperazine rings is 1. The molecular weight excluding hydrogens is 352 g/mol. The maximum Gasteiger partial charge on any atom is 0.241 e. The highest BCUT2D eigenvalue weighted by Gasteiger charge is 2.23. The van der Waals surface area contributed by atoms with Crippen molar-refractivity contribution in [2.75, 3.05) is 45.5 Å². The van der Waals surface area contributed by atoms with Gasteiger partial charge < -0.3 is 0 Å². The fourth-order valence-electron chi connectivity index (χ4n) is 2.49. The second kappa shape index (κ2) is 7.58. The molecule has 2 rings (SSSR count). The Morgan fingerprint density at radius 1 is 1.12 bits per heavy atom. The molecule has 0 saturated carbocycles. The van der Waals surface area contributed by atoms with Crippen LogP contribution < -0.4 is 4.72 Å². The van der Waals surface area contributed by atoms with Gasteiger partial charge in [-0.05, 0) is 12.1 Å². The van der Waals surface area contributed by atoms with Crippen molar-refractivity contribution in [1.29, 1.82) is 5.26 Å². The normalized spacial score (nSPS) is 17.5. The first-order chi connectivity index (χ1) is 11.2. The number of hydrogen-bond donors (Lipinski definition) is 1. The molecule has 1 aliphatic rings. The molecule has 0 radical (unpaired) electrons. The van der Waals surface area contributed by atoms with Crippen LogP contribution in [0.25, 0.3) is 0 Å². The van der Waals surface area contributed by atoms with Gasteiger partial charge in [-0.3, -0.25) is 4.90 Å². The van der Waals surface area contributed by atoms with Crippen LogP contribution in [-0.4, -0.2) is 71.6 Å². The number of nitrogens with zero attached hydrogens (tertiary/aromatic N) is 3. The first-order valence-corrected chi connectivity index (χ1v) is 10.7. The largest absolute Gasteiger partial charge is 0.299 e. The van der Waals surface area contributed by atoms with Crippen LogP contribution in [-0.2, 0) is 20.0 Å². The lowest BCUT2D eigenvalue weighted by atomic mass is 10.2. The molecular formula is C14H20N4O4S2. The fraction of sp³-hybridized carbons (Fsp3) is 0.500. The quantitative estimate of drug-likeness (QED) is 0.715. The predicted octanol–water partition coefficient (Wildman–Crippen LogP) is -0.586. The molecule has 1 aliphatic heterocycles. The summed E-state index contributed by atoms with van der Waals surface area (Å²) in [6, 6.07) is 7.90. The zero-order valence-electron chi connectivity index (χ0n) is 13.3. The van der Waals surface area contributed by atoms with Crippen molar-refractivity contribution in [2.45, 2.75) is 4.90 Å². The minimum Gasteiger partial charge on any atom is -0.299 e. The Labute approximate surface area is 142 Å². The molecule has 132 valence electrons. The molecule has 1 aromatic rings. The van der Waals surface area contributed by atoms with Crippen molar-refractivity contribution >= 4 is 20.0 Å². The Bertz CT molecular complexity index is 823. The molecule has 8 nitrogen and oxygen atoms in total. The lowest BCUT2D eigenvalue weighted by Crippen LogP contribution is -2.49. The topological polar surface area (TPSA) is 111 Å². The Kier molecular flexibility index (Phi) is 5.95. The van der Waals surface area contributed by atoms with Crippen LogP contribution in [0.3, 0.4) is 0 Å². The van der Waals surface area contributed by atoms with Crippen LogP contribution in [0.5, 0.6) is 0 Å². The number of nitrogens with one attached hydrogen (secondary N) is 1. The van der Waals surface area contributed by atoms with E-state index in [0.717, 1.165) is 0 Å². The number of nitriles is 1. The molecule has 24 heavy (non-hydrogen) atoms. The van der Waals surface area contributed by atoms with Crippen molar-refractivity contribution in [3.8, 4) is 6.07 Å². The minimum atomic E-state index is -3.74. The lowest BCUT2D eigenvalue weighted by molar-refractivity contribution is 0.192. The highest BCUT2D eigenvalue weighted by Crippen LogP contribution is 2.14. The van der Waals surface area contributed by atoms with Gasteiger partial charge in [0.25, 0.3) is 0 Å². The molecule has 1 aromatic carbocycles. The molecule has 1 N–H and O–H groups in total. The third-order valence-electron chi connectivity index (χ3n) is 3.82. The highest BCUT2D eigenvalue weighted by molar-refractivity contribution is 7.89. The van der Waals surface area contributed by atoms with Crippen LogP contribution >= 0.6 is 0 Å². The van der Waals surface area contributed by atoms with E-state index < -0.39 is 20.0 Å². The van der Waals surface area contributed by atoms with Gasteiger partial charge in [0.1, 0.15) is 6.07 Å². The van der Waals surface area contributed by atoms with E-state index in [0.29, 0.717) is 32.7 Å². The Hall–Kier alpha value is -1.51. The van der Waals surface area contributed by atoms with E-state index >= 15 is 0 Å². The van der Waals surface area contributed by atoms with Crippen LogP contribution in [0.15, 0.2) is 29.2 Å². The van der Waals surface area contributed by atoms with Crippen molar-refractivity contribution in [2.24, 2.45) is 0 Å². The van der Waals surface area contributed by atoms with Gasteiger partial charge in [-0.2, -0.15) is 9.57 Å². The third-order valence-corrected chi connectivity index (χ3v) is 6.64. The van der Waals surface area contributed by atoms with Crippen molar-refractivity contribution < 1.29 is 16.8 Å². The molecule has 1 saturated heterocycles. The summed E-state index contributed by atoms with van der Waals surface area (Å²) in [5.41, 5.74) is 0.103. The van der Waals surface area contributed by atoms with Crippen LogP contribution in [0.1, 0.15) is 5.56 Å². The maximum absolute atomic E-state index is 12.3. The van der Waals surface area contributed by atoms with Gasteiger partial charge in [0, 0.05) is 39.3 Å².